The summed E-state index contributed by atoms with van der Waals surface area (Å²) in [6.07, 6.45) is 3.25. The molecule has 0 spiro atoms. The van der Waals surface area contributed by atoms with Gasteiger partial charge < -0.3 is 20.1 Å². The molecule has 2 aliphatic rings. The fourth-order valence-electron chi connectivity index (χ4n) is 2.67. The van der Waals surface area contributed by atoms with Gasteiger partial charge in [0.15, 0.2) is 0 Å². The van der Waals surface area contributed by atoms with Gasteiger partial charge >= 0.3 is 12.0 Å². The normalized spacial score (nSPS) is 23.7. The fourth-order valence-corrected chi connectivity index (χ4v) is 3.73. The molecular formula is C14H24N2O4S. The minimum atomic E-state index is -0.848. The summed E-state index contributed by atoms with van der Waals surface area (Å²) in [6, 6.07) is -0.319. The number of ether oxygens (including phenoxy) is 1. The van der Waals surface area contributed by atoms with E-state index in [4.69, 9.17) is 9.84 Å². The van der Waals surface area contributed by atoms with E-state index in [1.54, 1.807) is 23.8 Å². The number of rotatable bonds is 7. The van der Waals surface area contributed by atoms with Crippen LogP contribution in [0.5, 0.6) is 0 Å². The zero-order chi connectivity index (χ0) is 15.3. The van der Waals surface area contributed by atoms with Crippen LogP contribution in [0.2, 0.25) is 0 Å². The number of nitrogens with one attached hydrogen (secondary N) is 1. The van der Waals surface area contributed by atoms with Gasteiger partial charge in [-0.25, -0.2) is 4.79 Å². The Balaban J connectivity index is 1.82. The molecule has 0 aromatic rings. The number of hydrogen-bond acceptors (Lipinski definition) is 4. The van der Waals surface area contributed by atoms with Gasteiger partial charge in [-0.1, -0.05) is 0 Å². The van der Waals surface area contributed by atoms with Crippen molar-refractivity contribution in [3.05, 3.63) is 0 Å². The third kappa shape index (κ3) is 4.78. The van der Waals surface area contributed by atoms with E-state index in [2.05, 4.69) is 5.32 Å². The Morgan fingerprint density at radius 1 is 1.48 bits per heavy atom. The number of methoxy groups -OCH3 is 1. The smallest absolute Gasteiger partial charge is 0.317 e. The molecule has 0 bridgehead atoms. The van der Waals surface area contributed by atoms with Crippen LogP contribution in [0, 0.1) is 5.41 Å². The predicted octanol–water partition coefficient (Wildman–Crippen LogP) is 1.40. The minimum Gasteiger partial charge on any atom is -0.481 e. The van der Waals surface area contributed by atoms with E-state index in [1.165, 1.54) is 0 Å². The Morgan fingerprint density at radius 2 is 2.24 bits per heavy atom. The number of thioether (sulfide) groups is 1. The molecule has 0 aromatic heterocycles. The van der Waals surface area contributed by atoms with Crippen molar-refractivity contribution < 1.29 is 19.4 Å². The lowest BCUT2D eigenvalue weighted by Gasteiger charge is -2.35. The van der Waals surface area contributed by atoms with E-state index in [1.807, 2.05) is 0 Å². The van der Waals surface area contributed by atoms with E-state index >= 15 is 0 Å². The predicted molar refractivity (Wildman–Crippen MR) is 81.6 cm³/mol. The molecule has 2 fully saturated rings. The van der Waals surface area contributed by atoms with Crippen LogP contribution >= 0.6 is 11.8 Å². The second kappa shape index (κ2) is 7.35. The van der Waals surface area contributed by atoms with Crippen LogP contribution in [0.25, 0.3) is 0 Å². The summed E-state index contributed by atoms with van der Waals surface area (Å²) in [4.78, 5) is 24.9. The second-order valence-electron chi connectivity index (χ2n) is 5.92. The largest absolute Gasteiger partial charge is 0.481 e. The van der Waals surface area contributed by atoms with E-state index in [0.717, 1.165) is 31.6 Å². The summed E-state index contributed by atoms with van der Waals surface area (Å²) in [5.41, 5.74) is 0.207. The zero-order valence-electron chi connectivity index (χ0n) is 12.5. The number of carboxylic acids is 1. The Kier molecular flexibility index (Phi) is 5.75. The Labute approximate surface area is 129 Å². The topological polar surface area (TPSA) is 78.9 Å². The molecule has 120 valence electrons. The van der Waals surface area contributed by atoms with Gasteiger partial charge in [-0.2, -0.15) is 11.8 Å². The van der Waals surface area contributed by atoms with Gasteiger partial charge in [-0.05, 0) is 24.7 Å². The number of carbonyl (C=O) groups is 2. The molecule has 1 unspecified atom stereocenters. The van der Waals surface area contributed by atoms with Crippen LogP contribution < -0.4 is 5.32 Å². The van der Waals surface area contributed by atoms with Gasteiger partial charge in [0.25, 0.3) is 0 Å². The molecule has 0 radical (unpaired) electrons. The lowest BCUT2D eigenvalue weighted by atomic mass is 10.0. The number of hydrogen-bond donors (Lipinski definition) is 2. The molecule has 7 heteroatoms. The second-order valence-corrected chi connectivity index (χ2v) is 7.07. The van der Waals surface area contributed by atoms with Crippen molar-refractivity contribution in [2.75, 3.05) is 38.3 Å². The molecule has 1 atom stereocenters. The number of amides is 2. The van der Waals surface area contributed by atoms with E-state index in [0.29, 0.717) is 18.8 Å². The van der Waals surface area contributed by atoms with Crippen LogP contribution in [-0.2, 0) is 9.53 Å². The van der Waals surface area contributed by atoms with Crippen molar-refractivity contribution in [2.45, 2.75) is 31.7 Å². The molecule has 1 saturated heterocycles. The molecule has 2 N–H and O–H groups in total. The molecule has 2 rings (SSSR count). The summed E-state index contributed by atoms with van der Waals surface area (Å²) < 4.78 is 5.11. The summed E-state index contributed by atoms with van der Waals surface area (Å²) in [7, 11) is 1.69. The summed E-state index contributed by atoms with van der Waals surface area (Å²) >= 11 is 1.71. The highest BCUT2D eigenvalue weighted by Crippen LogP contribution is 2.48. The summed E-state index contributed by atoms with van der Waals surface area (Å²) in [5, 5.41) is 11.9. The number of carboxylic acid groups (broad SMARTS) is 1. The van der Waals surface area contributed by atoms with E-state index < -0.39 is 5.97 Å². The highest BCUT2D eigenvalue weighted by atomic mass is 32.2. The monoisotopic (exact) mass is 316 g/mol. The number of nitrogens with zero attached hydrogens (tertiary/aromatic N) is 1. The van der Waals surface area contributed by atoms with Gasteiger partial charge in [-0.15, -0.1) is 0 Å². The molecule has 6 nitrogen and oxygen atoms in total. The van der Waals surface area contributed by atoms with Gasteiger partial charge in [0.1, 0.15) is 0 Å². The highest BCUT2D eigenvalue weighted by molar-refractivity contribution is 7.99. The summed E-state index contributed by atoms with van der Waals surface area (Å²) in [6.45, 7) is 2.01. The van der Waals surface area contributed by atoms with Gasteiger partial charge in [0, 0.05) is 38.3 Å². The van der Waals surface area contributed by atoms with Crippen LogP contribution in [0.1, 0.15) is 25.7 Å². The molecule has 0 aromatic carbocycles. The average Bonchev–Trinajstić information content (AvgIpc) is 3.23. The van der Waals surface area contributed by atoms with Crippen molar-refractivity contribution in [1.82, 2.24) is 10.2 Å². The van der Waals surface area contributed by atoms with Crippen molar-refractivity contribution in [1.29, 1.82) is 0 Å². The van der Waals surface area contributed by atoms with Crippen molar-refractivity contribution >= 4 is 23.8 Å². The molecule has 1 aliphatic heterocycles. The van der Waals surface area contributed by atoms with Gasteiger partial charge in [0.05, 0.1) is 12.5 Å². The SMILES string of the molecule is COCCC1(CNC(=O)N2CCSCC2CC(=O)O)CC1. The fraction of sp³-hybridized carbons (Fsp3) is 0.857. The maximum absolute atomic E-state index is 12.3. The first-order valence-corrected chi connectivity index (χ1v) is 8.55. The number of urea groups is 1. The third-order valence-electron chi connectivity index (χ3n) is 4.31. The first-order chi connectivity index (χ1) is 10.1. The van der Waals surface area contributed by atoms with Gasteiger partial charge in [0.2, 0.25) is 0 Å². The number of aliphatic carboxylic acids is 1. The molecule has 21 heavy (non-hydrogen) atoms. The van der Waals surface area contributed by atoms with Crippen LogP contribution in [-0.4, -0.2) is 66.4 Å². The Bertz CT molecular complexity index is 387. The molecular weight excluding hydrogens is 292 g/mol. The summed E-state index contributed by atoms with van der Waals surface area (Å²) in [5.74, 6) is 0.728. The van der Waals surface area contributed by atoms with Gasteiger partial charge in [-0.3, -0.25) is 4.79 Å². The van der Waals surface area contributed by atoms with Crippen LogP contribution in [0.3, 0.4) is 0 Å². The van der Waals surface area contributed by atoms with Crippen molar-refractivity contribution in [3.63, 3.8) is 0 Å². The zero-order valence-corrected chi connectivity index (χ0v) is 13.3. The first kappa shape index (κ1) is 16.4. The standard InChI is InChI=1S/C14H24N2O4S/c1-20-6-4-14(2-3-14)10-15-13(19)16-5-7-21-9-11(16)8-12(17)18/h11H,2-10H2,1H3,(H,15,19)(H,17,18). The lowest BCUT2D eigenvalue weighted by Crippen LogP contribution is -2.52. The molecule has 1 saturated carbocycles. The van der Waals surface area contributed by atoms with Crippen LogP contribution in [0.4, 0.5) is 4.79 Å². The Morgan fingerprint density at radius 3 is 2.86 bits per heavy atom. The van der Waals surface area contributed by atoms with Crippen molar-refractivity contribution in [2.24, 2.45) is 5.41 Å². The maximum atomic E-state index is 12.3. The van der Waals surface area contributed by atoms with E-state index in [9.17, 15) is 9.59 Å². The third-order valence-corrected chi connectivity index (χ3v) is 5.40. The maximum Gasteiger partial charge on any atom is 0.317 e. The van der Waals surface area contributed by atoms with Crippen molar-refractivity contribution in [3.8, 4) is 0 Å². The first-order valence-electron chi connectivity index (χ1n) is 7.39. The van der Waals surface area contributed by atoms with E-state index in [-0.39, 0.29) is 23.9 Å². The molecule has 1 heterocycles. The van der Waals surface area contributed by atoms with Crippen LogP contribution in [0.15, 0.2) is 0 Å². The average molecular weight is 316 g/mol. The highest BCUT2D eigenvalue weighted by Gasteiger charge is 2.42. The Hall–Kier alpha value is -0.950. The quantitative estimate of drug-likeness (QED) is 0.742. The molecule has 1 aliphatic carbocycles. The number of carbonyl (C=O) groups excluding carboxylic acids is 1. The minimum absolute atomic E-state index is 0.0231. The molecule has 2 amide bonds. The lowest BCUT2D eigenvalue weighted by molar-refractivity contribution is -0.138.